The molecule has 2 unspecified atom stereocenters. The van der Waals surface area contributed by atoms with E-state index in [-0.39, 0.29) is 11.7 Å². The number of pyridine rings is 1. The molecule has 0 saturated heterocycles. The van der Waals surface area contributed by atoms with E-state index in [4.69, 9.17) is 10.2 Å². The predicted molar refractivity (Wildman–Crippen MR) is 128 cm³/mol. The SMILES string of the molecule is CC1CC1CNc1cc(-c2nnc([C@](C)(N)Cc3ccccc3)o2)cc(N(C)S(C)(=O)=O)n1. The molecule has 3 N–H and O–H groups in total. The summed E-state index contributed by atoms with van der Waals surface area (Å²) in [5, 5.41) is 11.7. The molecule has 1 aliphatic rings. The van der Waals surface area contributed by atoms with Gasteiger partial charge in [-0.2, -0.15) is 0 Å². The van der Waals surface area contributed by atoms with Gasteiger partial charge in [0.1, 0.15) is 11.6 Å². The standard InChI is InChI=1S/C23H30N6O3S/c1-15-10-18(15)14-25-19-11-17(12-20(26-19)29(3)33(4,30)31)21-27-28-22(32-21)23(2,24)13-16-8-6-5-7-9-16/h5-9,11-12,15,18H,10,13-14,24H2,1-4H3,(H,25,26)/t15?,18?,23-/m1/s1. The number of benzene rings is 1. The third-order valence-electron chi connectivity index (χ3n) is 6.03. The summed E-state index contributed by atoms with van der Waals surface area (Å²) in [4.78, 5) is 4.48. The van der Waals surface area contributed by atoms with Gasteiger partial charge in [-0.15, -0.1) is 10.2 Å². The van der Waals surface area contributed by atoms with Crippen molar-refractivity contribution in [3.8, 4) is 11.5 Å². The summed E-state index contributed by atoms with van der Waals surface area (Å²) in [5.41, 5.74) is 7.28. The van der Waals surface area contributed by atoms with Crippen LogP contribution < -0.4 is 15.4 Å². The number of hydrogen-bond donors (Lipinski definition) is 2. The van der Waals surface area contributed by atoms with Crippen molar-refractivity contribution in [2.24, 2.45) is 17.6 Å². The molecule has 1 saturated carbocycles. The second-order valence-electron chi connectivity index (χ2n) is 9.18. The Morgan fingerprint density at radius 2 is 1.94 bits per heavy atom. The highest BCUT2D eigenvalue weighted by molar-refractivity contribution is 7.92. The van der Waals surface area contributed by atoms with Gasteiger partial charge in [0.15, 0.2) is 0 Å². The van der Waals surface area contributed by atoms with Crippen molar-refractivity contribution in [1.82, 2.24) is 15.2 Å². The van der Waals surface area contributed by atoms with Crippen molar-refractivity contribution in [1.29, 1.82) is 0 Å². The summed E-state index contributed by atoms with van der Waals surface area (Å²) >= 11 is 0. The molecule has 1 fully saturated rings. The van der Waals surface area contributed by atoms with Crippen LogP contribution in [0.4, 0.5) is 11.6 Å². The minimum Gasteiger partial charge on any atom is -0.419 e. The summed E-state index contributed by atoms with van der Waals surface area (Å²) in [6.45, 7) is 4.82. The minimum atomic E-state index is -3.50. The average molecular weight is 471 g/mol. The molecule has 176 valence electrons. The number of anilines is 2. The Labute approximate surface area is 194 Å². The van der Waals surface area contributed by atoms with Crippen LogP contribution in [0, 0.1) is 11.8 Å². The first-order valence-corrected chi connectivity index (χ1v) is 12.7. The summed E-state index contributed by atoms with van der Waals surface area (Å²) in [5.74, 6) is 2.65. The van der Waals surface area contributed by atoms with Crippen LogP contribution in [0.2, 0.25) is 0 Å². The molecule has 1 aromatic carbocycles. The zero-order valence-electron chi connectivity index (χ0n) is 19.3. The molecule has 0 amide bonds. The highest BCUT2D eigenvalue weighted by atomic mass is 32.2. The highest BCUT2D eigenvalue weighted by Crippen LogP contribution is 2.38. The number of hydrogen-bond acceptors (Lipinski definition) is 8. The van der Waals surface area contributed by atoms with Gasteiger partial charge in [-0.3, -0.25) is 4.31 Å². The molecule has 1 aliphatic carbocycles. The van der Waals surface area contributed by atoms with E-state index in [0.717, 1.165) is 22.7 Å². The van der Waals surface area contributed by atoms with Gasteiger partial charge in [-0.05, 0) is 49.3 Å². The van der Waals surface area contributed by atoms with E-state index in [1.54, 1.807) is 12.1 Å². The van der Waals surface area contributed by atoms with Crippen molar-refractivity contribution in [2.75, 3.05) is 29.5 Å². The van der Waals surface area contributed by atoms with Crippen LogP contribution in [0.5, 0.6) is 0 Å². The lowest BCUT2D eigenvalue weighted by atomic mass is 9.94. The molecule has 2 heterocycles. The topological polar surface area (TPSA) is 127 Å². The molecule has 0 aliphatic heterocycles. The number of nitrogens with one attached hydrogen (secondary N) is 1. The van der Waals surface area contributed by atoms with Crippen LogP contribution in [-0.2, 0) is 22.0 Å². The minimum absolute atomic E-state index is 0.253. The fourth-order valence-corrected chi connectivity index (χ4v) is 4.08. The van der Waals surface area contributed by atoms with Crippen molar-refractivity contribution in [3.05, 3.63) is 53.9 Å². The van der Waals surface area contributed by atoms with Crippen molar-refractivity contribution < 1.29 is 12.8 Å². The third kappa shape index (κ3) is 5.51. The van der Waals surface area contributed by atoms with E-state index in [2.05, 4.69) is 27.4 Å². The molecular weight excluding hydrogens is 440 g/mol. The molecule has 10 heteroatoms. The molecule has 2 aromatic heterocycles. The molecule has 33 heavy (non-hydrogen) atoms. The summed E-state index contributed by atoms with van der Waals surface area (Å²) in [6, 6.07) is 13.3. The smallest absolute Gasteiger partial charge is 0.248 e. The Kier molecular flexibility index (Phi) is 6.15. The number of nitrogens with two attached hydrogens (primary N) is 1. The third-order valence-corrected chi connectivity index (χ3v) is 7.21. The van der Waals surface area contributed by atoms with Crippen LogP contribution in [0.3, 0.4) is 0 Å². The lowest BCUT2D eigenvalue weighted by Crippen LogP contribution is -2.35. The van der Waals surface area contributed by atoms with Crippen molar-refractivity contribution >= 4 is 21.7 Å². The average Bonchev–Trinajstić information content (AvgIpc) is 3.23. The Hall–Kier alpha value is -2.98. The van der Waals surface area contributed by atoms with Crippen LogP contribution in [0.15, 0.2) is 46.9 Å². The largest absolute Gasteiger partial charge is 0.419 e. The number of rotatable bonds is 9. The Balaban J connectivity index is 1.63. The van der Waals surface area contributed by atoms with E-state index in [1.807, 2.05) is 37.3 Å². The first kappa shape index (κ1) is 23.2. The molecule has 9 nitrogen and oxygen atoms in total. The molecule has 0 bridgehead atoms. The Bertz CT molecular complexity index is 1230. The highest BCUT2D eigenvalue weighted by Gasteiger charge is 2.32. The maximum absolute atomic E-state index is 12.1. The van der Waals surface area contributed by atoms with Crippen LogP contribution in [0.25, 0.3) is 11.5 Å². The lowest BCUT2D eigenvalue weighted by molar-refractivity contribution is 0.355. The summed E-state index contributed by atoms with van der Waals surface area (Å²) < 4.78 is 31.3. The summed E-state index contributed by atoms with van der Waals surface area (Å²) in [7, 11) is -2.03. The van der Waals surface area contributed by atoms with Gasteiger partial charge in [-0.1, -0.05) is 37.3 Å². The molecule has 3 aromatic rings. The van der Waals surface area contributed by atoms with Crippen LogP contribution >= 0.6 is 0 Å². The molecule has 0 spiro atoms. The maximum Gasteiger partial charge on any atom is 0.248 e. The summed E-state index contributed by atoms with van der Waals surface area (Å²) in [6.07, 6.45) is 2.83. The Morgan fingerprint density at radius 1 is 1.24 bits per heavy atom. The molecular formula is C23H30N6O3S. The predicted octanol–water partition coefficient (Wildman–Crippen LogP) is 3.01. The first-order valence-electron chi connectivity index (χ1n) is 10.9. The first-order chi connectivity index (χ1) is 15.5. The quantitative estimate of drug-likeness (QED) is 0.489. The van der Waals surface area contributed by atoms with Crippen molar-refractivity contribution in [2.45, 2.75) is 32.2 Å². The van der Waals surface area contributed by atoms with E-state index >= 15 is 0 Å². The van der Waals surface area contributed by atoms with Gasteiger partial charge < -0.3 is 15.5 Å². The van der Waals surface area contributed by atoms with Gasteiger partial charge >= 0.3 is 0 Å². The molecule has 3 atom stereocenters. The van der Waals surface area contributed by atoms with Gasteiger partial charge in [0.25, 0.3) is 0 Å². The molecule has 0 radical (unpaired) electrons. The molecule has 4 rings (SSSR count). The second kappa shape index (κ2) is 8.75. The van der Waals surface area contributed by atoms with Gasteiger partial charge in [-0.25, -0.2) is 13.4 Å². The van der Waals surface area contributed by atoms with Crippen LogP contribution in [-0.4, -0.2) is 43.4 Å². The van der Waals surface area contributed by atoms with Gasteiger partial charge in [0.2, 0.25) is 21.8 Å². The zero-order valence-corrected chi connectivity index (χ0v) is 20.1. The fraction of sp³-hybridized carbons (Fsp3) is 0.435. The lowest BCUT2D eigenvalue weighted by Gasteiger charge is -2.20. The van der Waals surface area contributed by atoms with Crippen LogP contribution in [0.1, 0.15) is 31.7 Å². The van der Waals surface area contributed by atoms with E-state index in [1.165, 1.54) is 13.5 Å². The second-order valence-corrected chi connectivity index (χ2v) is 11.2. The monoisotopic (exact) mass is 470 g/mol. The van der Waals surface area contributed by atoms with Crippen molar-refractivity contribution in [3.63, 3.8) is 0 Å². The van der Waals surface area contributed by atoms with Gasteiger partial charge in [0, 0.05) is 19.2 Å². The zero-order chi connectivity index (χ0) is 23.8. The number of aromatic nitrogens is 3. The maximum atomic E-state index is 12.1. The van der Waals surface area contributed by atoms with E-state index in [9.17, 15) is 8.42 Å². The van der Waals surface area contributed by atoms with Gasteiger partial charge in [0.05, 0.1) is 11.8 Å². The van der Waals surface area contributed by atoms with E-state index in [0.29, 0.717) is 35.5 Å². The fourth-order valence-electron chi connectivity index (χ4n) is 3.65. The Morgan fingerprint density at radius 3 is 2.58 bits per heavy atom. The van der Waals surface area contributed by atoms with E-state index < -0.39 is 15.6 Å². The normalized spacial score (nSPS) is 19.7. The number of nitrogens with zero attached hydrogens (tertiary/aromatic N) is 4. The number of sulfonamides is 1.